The van der Waals surface area contributed by atoms with Crippen molar-refractivity contribution < 1.29 is 19.4 Å². The third kappa shape index (κ3) is 5.10. The quantitative estimate of drug-likeness (QED) is 0.212. The zero-order chi connectivity index (χ0) is 27.8. The van der Waals surface area contributed by atoms with Gasteiger partial charge in [0.15, 0.2) is 0 Å². The Morgan fingerprint density at radius 3 is 2.29 bits per heavy atom. The summed E-state index contributed by atoms with van der Waals surface area (Å²) in [5.74, 6) is -0.602. The van der Waals surface area contributed by atoms with Crippen LogP contribution in [0.3, 0.4) is 0 Å². The van der Waals surface area contributed by atoms with Gasteiger partial charge in [0.25, 0.3) is 11.7 Å². The average molecular weight is 512 g/mol. The maximum atomic E-state index is 13.6. The van der Waals surface area contributed by atoms with Gasteiger partial charge in [-0.25, -0.2) is 0 Å². The first-order valence-corrected chi connectivity index (χ1v) is 13.2. The van der Waals surface area contributed by atoms with Crippen LogP contribution in [0.5, 0.6) is 5.75 Å². The van der Waals surface area contributed by atoms with Crippen LogP contribution in [0, 0.1) is 6.92 Å². The molecule has 4 rings (SSSR count). The molecule has 0 bridgehead atoms. The number of aliphatic hydroxyl groups is 1. The van der Waals surface area contributed by atoms with Gasteiger partial charge in [0.1, 0.15) is 11.5 Å². The zero-order valence-corrected chi connectivity index (χ0v) is 23.3. The highest BCUT2D eigenvalue weighted by Crippen LogP contribution is 2.43. The molecule has 1 aliphatic rings. The summed E-state index contributed by atoms with van der Waals surface area (Å²) >= 11 is 0. The number of hydrogen-bond donors (Lipinski definition) is 1. The van der Waals surface area contributed by atoms with Crippen molar-refractivity contribution in [2.45, 2.75) is 65.8 Å². The van der Waals surface area contributed by atoms with Gasteiger partial charge in [-0.1, -0.05) is 77.1 Å². The number of benzene rings is 3. The van der Waals surface area contributed by atoms with Crippen molar-refractivity contribution in [1.29, 1.82) is 0 Å². The Bertz CT molecular complexity index is 1390. The Balaban J connectivity index is 1.96. The molecule has 1 aliphatic heterocycles. The van der Waals surface area contributed by atoms with Gasteiger partial charge in [0, 0.05) is 17.3 Å². The van der Waals surface area contributed by atoms with Crippen LogP contribution in [-0.2, 0) is 15.0 Å². The molecule has 0 radical (unpaired) electrons. The molecule has 198 valence electrons. The van der Waals surface area contributed by atoms with E-state index in [4.69, 9.17) is 4.74 Å². The number of nitrogens with zero attached hydrogens (tertiary/aromatic N) is 1. The topological polar surface area (TPSA) is 66.8 Å². The average Bonchev–Trinajstić information content (AvgIpc) is 3.14. The molecule has 3 aromatic carbocycles. The molecular formula is C33H37NO4. The normalized spacial score (nSPS) is 17.4. The van der Waals surface area contributed by atoms with E-state index in [2.05, 4.69) is 34.6 Å². The summed E-state index contributed by atoms with van der Waals surface area (Å²) < 4.78 is 5.67. The second kappa shape index (κ2) is 10.5. The number of carbonyl (C=O) groups excluding carboxylic acids is 2. The highest BCUT2D eigenvalue weighted by atomic mass is 16.5. The van der Waals surface area contributed by atoms with E-state index in [1.165, 1.54) is 4.90 Å². The molecule has 1 heterocycles. The van der Waals surface area contributed by atoms with Gasteiger partial charge in [0.05, 0.1) is 18.2 Å². The van der Waals surface area contributed by atoms with E-state index in [0.717, 1.165) is 22.3 Å². The molecule has 1 unspecified atom stereocenters. The molecule has 38 heavy (non-hydrogen) atoms. The van der Waals surface area contributed by atoms with Crippen LogP contribution < -0.4 is 9.64 Å². The summed E-state index contributed by atoms with van der Waals surface area (Å²) in [7, 11) is 0. The van der Waals surface area contributed by atoms with Crippen LogP contribution in [0.25, 0.3) is 5.76 Å². The van der Waals surface area contributed by atoms with Crippen molar-refractivity contribution in [2.75, 3.05) is 11.5 Å². The van der Waals surface area contributed by atoms with Gasteiger partial charge < -0.3 is 9.84 Å². The maximum absolute atomic E-state index is 13.6. The number of hydrogen-bond acceptors (Lipinski definition) is 4. The van der Waals surface area contributed by atoms with Crippen LogP contribution in [0.15, 0.2) is 72.3 Å². The van der Waals surface area contributed by atoms with Gasteiger partial charge in [-0.05, 0) is 65.6 Å². The molecule has 0 spiro atoms. The van der Waals surface area contributed by atoms with E-state index < -0.39 is 17.7 Å². The van der Waals surface area contributed by atoms with Gasteiger partial charge in [-0.15, -0.1) is 0 Å². The predicted molar refractivity (Wildman–Crippen MR) is 153 cm³/mol. The van der Waals surface area contributed by atoms with E-state index in [-0.39, 0.29) is 16.7 Å². The lowest BCUT2D eigenvalue weighted by atomic mass is 9.84. The minimum Gasteiger partial charge on any atom is -0.507 e. The lowest BCUT2D eigenvalue weighted by molar-refractivity contribution is -0.132. The number of aliphatic hydroxyl groups excluding tert-OH is 1. The largest absolute Gasteiger partial charge is 0.507 e. The summed E-state index contributed by atoms with van der Waals surface area (Å²) in [5.41, 5.74) is 4.79. The zero-order valence-electron chi connectivity index (χ0n) is 23.3. The van der Waals surface area contributed by atoms with Gasteiger partial charge in [-0.2, -0.15) is 0 Å². The Kier molecular flexibility index (Phi) is 7.50. The summed E-state index contributed by atoms with van der Waals surface area (Å²) in [4.78, 5) is 28.7. The van der Waals surface area contributed by atoms with Crippen molar-refractivity contribution >= 4 is 23.1 Å². The van der Waals surface area contributed by atoms with Gasteiger partial charge in [0.2, 0.25) is 0 Å². The predicted octanol–water partition coefficient (Wildman–Crippen LogP) is 7.44. The number of anilines is 1. The molecule has 5 heteroatoms. The van der Waals surface area contributed by atoms with E-state index in [0.29, 0.717) is 29.5 Å². The number of carbonyl (C=O) groups is 2. The number of aryl methyl sites for hydroxylation is 1. The molecule has 1 saturated heterocycles. The Hall–Kier alpha value is -3.86. The smallest absolute Gasteiger partial charge is 0.300 e. The van der Waals surface area contributed by atoms with Gasteiger partial charge in [-0.3, -0.25) is 14.5 Å². The Morgan fingerprint density at radius 2 is 1.68 bits per heavy atom. The summed E-state index contributed by atoms with van der Waals surface area (Å²) in [6, 6.07) is 20.2. The lowest BCUT2D eigenvalue weighted by Gasteiger charge is -2.26. The Labute approximate surface area is 225 Å². The second-order valence-electron chi connectivity index (χ2n) is 11.2. The molecule has 1 N–H and O–H groups in total. The second-order valence-corrected chi connectivity index (χ2v) is 11.2. The van der Waals surface area contributed by atoms with Gasteiger partial charge >= 0.3 is 0 Å². The first-order chi connectivity index (χ1) is 17.9. The highest BCUT2D eigenvalue weighted by Gasteiger charge is 2.47. The molecule has 0 saturated carbocycles. The SMILES string of the molecule is CCOc1cccc(N2C(=O)C(=O)/C(=C(/O)c3cc(C(C)(C)C)ccc3C)C2c2ccc(C(C)C)cc2)c1. The van der Waals surface area contributed by atoms with Crippen molar-refractivity contribution in [1.82, 2.24) is 0 Å². The number of Topliss-reactive ketones (excluding diaryl/α,β-unsaturated/α-hetero) is 1. The van der Waals surface area contributed by atoms with Crippen LogP contribution >= 0.6 is 0 Å². The fourth-order valence-corrected chi connectivity index (χ4v) is 4.86. The third-order valence-electron chi connectivity index (χ3n) is 7.13. The van der Waals surface area contributed by atoms with Crippen LogP contribution in [0.4, 0.5) is 5.69 Å². The fourth-order valence-electron chi connectivity index (χ4n) is 4.86. The monoisotopic (exact) mass is 511 g/mol. The van der Waals surface area contributed by atoms with Crippen molar-refractivity contribution in [3.05, 3.63) is 100 Å². The number of rotatable bonds is 6. The van der Waals surface area contributed by atoms with E-state index in [1.54, 1.807) is 18.2 Å². The number of ether oxygens (including phenoxy) is 1. The number of ketones is 1. The molecule has 1 fully saturated rings. The molecule has 1 amide bonds. The first kappa shape index (κ1) is 27.2. The minimum absolute atomic E-state index is 0.0864. The Morgan fingerprint density at radius 1 is 1.00 bits per heavy atom. The van der Waals surface area contributed by atoms with Crippen molar-refractivity contribution in [3.63, 3.8) is 0 Å². The fraction of sp³-hybridized carbons (Fsp3) is 0.333. The molecule has 0 aliphatic carbocycles. The van der Waals surface area contributed by atoms with Crippen LogP contribution in [0.1, 0.15) is 81.3 Å². The lowest BCUT2D eigenvalue weighted by Crippen LogP contribution is -2.29. The summed E-state index contributed by atoms with van der Waals surface area (Å²) in [6.45, 7) is 14.8. The van der Waals surface area contributed by atoms with Crippen molar-refractivity contribution in [2.24, 2.45) is 0 Å². The molecule has 3 aromatic rings. The standard InChI is InChI=1S/C33H37NO4/c1-8-38-26-11-9-10-25(19-26)34-29(23-15-13-22(14-16-23)20(2)3)28(31(36)32(34)37)30(35)27-18-24(33(5,6)7)17-12-21(27)4/h9-20,29,35H,8H2,1-7H3/b30-28+. The van der Waals surface area contributed by atoms with Crippen LogP contribution in [-0.4, -0.2) is 23.4 Å². The first-order valence-electron chi connectivity index (χ1n) is 13.2. The molecule has 0 aromatic heterocycles. The van der Waals surface area contributed by atoms with E-state index in [9.17, 15) is 14.7 Å². The summed E-state index contributed by atoms with van der Waals surface area (Å²) in [5, 5.41) is 11.7. The molecule has 5 nitrogen and oxygen atoms in total. The number of amides is 1. The molecule has 1 atom stereocenters. The third-order valence-corrected chi connectivity index (χ3v) is 7.13. The maximum Gasteiger partial charge on any atom is 0.300 e. The van der Waals surface area contributed by atoms with E-state index >= 15 is 0 Å². The highest BCUT2D eigenvalue weighted by molar-refractivity contribution is 6.51. The summed E-state index contributed by atoms with van der Waals surface area (Å²) in [6.07, 6.45) is 0. The molecular weight excluding hydrogens is 474 g/mol. The van der Waals surface area contributed by atoms with E-state index in [1.807, 2.05) is 62.4 Å². The van der Waals surface area contributed by atoms with Crippen molar-refractivity contribution in [3.8, 4) is 5.75 Å². The van der Waals surface area contributed by atoms with Crippen LogP contribution in [0.2, 0.25) is 0 Å². The minimum atomic E-state index is -0.786.